The van der Waals surface area contributed by atoms with Crippen LogP contribution in [0.15, 0.2) is 82.7 Å². The van der Waals surface area contributed by atoms with Gasteiger partial charge in [0.1, 0.15) is 5.82 Å². The normalized spacial score (nSPS) is 11.2. The first-order valence-electron chi connectivity index (χ1n) is 8.96. The van der Waals surface area contributed by atoms with Crippen LogP contribution in [0.2, 0.25) is 0 Å². The standard InChI is InChI=1S/C21H15BrN6S/c22-15-5-7-16(8-6-15)28-20(14-9-11-23-12-10-14)26-27-21(28)29-13-19-24-17-3-1-2-4-18(17)25-19/h1-12H,13H2,(H,24,25). The zero-order valence-electron chi connectivity index (χ0n) is 15.2. The van der Waals surface area contributed by atoms with E-state index in [-0.39, 0.29) is 0 Å². The maximum atomic E-state index is 4.66. The number of rotatable bonds is 5. The van der Waals surface area contributed by atoms with E-state index in [2.05, 4.69) is 45.6 Å². The van der Waals surface area contributed by atoms with Gasteiger partial charge in [-0.05, 0) is 48.5 Å². The third-order valence-electron chi connectivity index (χ3n) is 4.43. The lowest BCUT2D eigenvalue weighted by molar-refractivity contribution is 0.884. The number of H-pyrrole nitrogens is 1. The van der Waals surface area contributed by atoms with E-state index in [0.29, 0.717) is 5.75 Å². The smallest absolute Gasteiger partial charge is 0.196 e. The Morgan fingerprint density at radius 2 is 1.72 bits per heavy atom. The fourth-order valence-electron chi connectivity index (χ4n) is 3.08. The highest BCUT2D eigenvalue weighted by molar-refractivity contribution is 9.10. The van der Waals surface area contributed by atoms with E-state index in [0.717, 1.165) is 43.6 Å². The Hall–Kier alpha value is -2.97. The highest BCUT2D eigenvalue weighted by Crippen LogP contribution is 2.30. The topological polar surface area (TPSA) is 72.3 Å². The molecule has 0 unspecified atom stereocenters. The molecular weight excluding hydrogens is 448 g/mol. The van der Waals surface area contributed by atoms with Gasteiger partial charge in [-0.15, -0.1) is 10.2 Å². The number of aromatic nitrogens is 6. The van der Waals surface area contributed by atoms with Gasteiger partial charge in [-0.2, -0.15) is 0 Å². The number of benzene rings is 2. The maximum Gasteiger partial charge on any atom is 0.196 e. The van der Waals surface area contributed by atoms with Crippen molar-refractivity contribution in [2.75, 3.05) is 0 Å². The number of aromatic amines is 1. The number of fused-ring (bicyclic) bond motifs is 1. The molecule has 5 aromatic rings. The minimum Gasteiger partial charge on any atom is -0.341 e. The van der Waals surface area contributed by atoms with Gasteiger partial charge in [0.2, 0.25) is 0 Å². The number of thioether (sulfide) groups is 1. The Morgan fingerprint density at radius 1 is 0.931 bits per heavy atom. The van der Waals surface area contributed by atoms with Crippen LogP contribution in [-0.2, 0) is 5.75 Å². The van der Waals surface area contributed by atoms with Crippen LogP contribution in [0.3, 0.4) is 0 Å². The number of pyridine rings is 1. The molecule has 2 aromatic carbocycles. The molecule has 0 spiro atoms. The van der Waals surface area contributed by atoms with E-state index >= 15 is 0 Å². The molecule has 1 N–H and O–H groups in total. The fourth-order valence-corrected chi connectivity index (χ4v) is 4.17. The van der Waals surface area contributed by atoms with E-state index in [4.69, 9.17) is 0 Å². The maximum absolute atomic E-state index is 4.66. The van der Waals surface area contributed by atoms with Crippen molar-refractivity contribution in [3.05, 3.63) is 83.4 Å². The second-order valence-electron chi connectivity index (χ2n) is 6.34. The molecule has 0 amide bonds. The lowest BCUT2D eigenvalue weighted by atomic mass is 10.2. The van der Waals surface area contributed by atoms with Crippen molar-refractivity contribution >= 4 is 38.7 Å². The molecule has 29 heavy (non-hydrogen) atoms. The van der Waals surface area contributed by atoms with Crippen molar-refractivity contribution in [2.24, 2.45) is 0 Å². The van der Waals surface area contributed by atoms with Gasteiger partial charge in [0, 0.05) is 28.1 Å². The SMILES string of the molecule is Brc1ccc(-n2c(SCc3nc4ccccc4[nH]3)nnc2-c2ccncc2)cc1. The molecule has 0 saturated carbocycles. The number of halogens is 1. The molecule has 0 atom stereocenters. The molecule has 0 aliphatic carbocycles. The van der Waals surface area contributed by atoms with Crippen LogP contribution in [0.25, 0.3) is 28.1 Å². The molecule has 5 rings (SSSR count). The van der Waals surface area contributed by atoms with Crippen LogP contribution in [-0.4, -0.2) is 29.7 Å². The van der Waals surface area contributed by atoms with Gasteiger partial charge >= 0.3 is 0 Å². The van der Waals surface area contributed by atoms with Gasteiger partial charge in [0.25, 0.3) is 0 Å². The second-order valence-corrected chi connectivity index (χ2v) is 8.20. The average molecular weight is 463 g/mol. The molecule has 0 aliphatic rings. The molecule has 0 aliphatic heterocycles. The molecule has 0 fully saturated rings. The summed E-state index contributed by atoms with van der Waals surface area (Å²) in [5.41, 5.74) is 3.97. The van der Waals surface area contributed by atoms with E-state index in [1.807, 2.05) is 60.7 Å². The van der Waals surface area contributed by atoms with Crippen LogP contribution in [0.5, 0.6) is 0 Å². The van der Waals surface area contributed by atoms with Crippen molar-refractivity contribution in [2.45, 2.75) is 10.9 Å². The number of hydrogen-bond donors (Lipinski definition) is 1. The van der Waals surface area contributed by atoms with Crippen LogP contribution < -0.4 is 0 Å². The van der Waals surface area contributed by atoms with E-state index in [1.165, 1.54) is 0 Å². The lowest BCUT2D eigenvalue weighted by Gasteiger charge is -2.10. The molecule has 0 bridgehead atoms. The van der Waals surface area contributed by atoms with Gasteiger partial charge in [0.05, 0.1) is 16.8 Å². The number of nitrogens with one attached hydrogen (secondary N) is 1. The summed E-state index contributed by atoms with van der Waals surface area (Å²) in [5.74, 6) is 2.36. The molecular formula is C21H15BrN6S. The first-order chi connectivity index (χ1) is 14.3. The van der Waals surface area contributed by atoms with E-state index < -0.39 is 0 Å². The minimum atomic E-state index is 0.666. The van der Waals surface area contributed by atoms with Crippen molar-refractivity contribution < 1.29 is 0 Å². The predicted molar refractivity (Wildman–Crippen MR) is 118 cm³/mol. The van der Waals surface area contributed by atoms with Gasteiger partial charge in [0.15, 0.2) is 11.0 Å². The van der Waals surface area contributed by atoms with Crippen molar-refractivity contribution in [1.82, 2.24) is 29.7 Å². The van der Waals surface area contributed by atoms with Crippen LogP contribution in [0, 0.1) is 0 Å². The quantitative estimate of drug-likeness (QED) is 0.360. The van der Waals surface area contributed by atoms with Crippen molar-refractivity contribution in [3.63, 3.8) is 0 Å². The zero-order chi connectivity index (χ0) is 19.6. The van der Waals surface area contributed by atoms with E-state index in [9.17, 15) is 0 Å². The molecule has 6 nitrogen and oxygen atoms in total. The number of imidazole rings is 1. The Bertz CT molecular complexity index is 1230. The fraction of sp³-hybridized carbons (Fsp3) is 0.0476. The second kappa shape index (κ2) is 7.81. The highest BCUT2D eigenvalue weighted by atomic mass is 79.9. The third kappa shape index (κ3) is 3.68. The molecule has 0 saturated heterocycles. The molecule has 3 heterocycles. The minimum absolute atomic E-state index is 0.666. The molecule has 8 heteroatoms. The summed E-state index contributed by atoms with van der Waals surface area (Å²) in [6.07, 6.45) is 3.52. The molecule has 142 valence electrons. The Labute approximate surface area is 179 Å². The Morgan fingerprint density at radius 3 is 2.52 bits per heavy atom. The van der Waals surface area contributed by atoms with Gasteiger partial charge in [-0.1, -0.05) is 39.8 Å². The number of hydrogen-bond acceptors (Lipinski definition) is 5. The summed E-state index contributed by atoms with van der Waals surface area (Å²) < 4.78 is 3.09. The van der Waals surface area contributed by atoms with Crippen LogP contribution >= 0.6 is 27.7 Å². The summed E-state index contributed by atoms with van der Waals surface area (Å²) in [5, 5.41) is 9.73. The predicted octanol–water partition coefficient (Wildman–Crippen LogP) is 5.26. The average Bonchev–Trinajstić information content (AvgIpc) is 3.37. The van der Waals surface area contributed by atoms with Gasteiger partial charge in [-0.25, -0.2) is 4.98 Å². The summed E-state index contributed by atoms with van der Waals surface area (Å²) in [4.78, 5) is 12.1. The summed E-state index contributed by atoms with van der Waals surface area (Å²) in [7, 11) is 0. The van der Waals surface area contributed by atoms with Crippen LogP contribution in [0.4, 0.5) is 0 Å². The van der Waals surface area contributed by atoms with Gasteiger partial charge in [-0.3, -0.25) is 9.55 Å². The summed E-state index contributed by atoms with van der Waals surface area (Å²) >= 11 is 5.10. The zero-order valence-corrected chi connectivity index (χ0v) is 17.6. The molecule has 0 radical (unpaired) electrons. The van der Waals surface area contributed by atoms with Crippen molar-refractivity contribution in [1.29, 1.82) is 0 Å². The van der Waals surface area contributed by atoms with Gasteiger partial charge < -0.3 is 4.98 Å². The molecule has 3 aromatic heterocycles. The monoisotopic (exact) mass is 462 g/mol. The highest BCUT2D eigenvalue weighted by Gasteiger charge is 2.17. The lowest BCUT2D eigenvalue weighted by Crippen LogP contribution is -2.00. The summed E-state index contributed by atoms with van der Waals surface area (Å²) in [6, 6.07) is 20.0. The largest absolute Gasteiger partial charge is 0.341 e. The Kier molecular flexibility index (Phi) is 4.87. The van der Waals surface area contributed by atoms with Crippen LogP contribution in [0.1, 0.15) is 5.82 Å². The van der Waals surface area contributed by atoms with E-state index in [1.54, 1.807) is 24.2 Å². The number of nitrogens with zero attached hydrogens (tertiary/aromatic N) is 5. The Balaban J connectivity index is 1.52. The first-order valence-corrected chi connectivity index (χ1v) is 10.7. The summed E-state index contributed by atoms with van der Waals surface area (Å²) in [6.45, 7) is 0. The van der Waals surface area contributed by atoms with Crippen molar-refractivity contribution in [3.8, 4) is 17.1 Å². The third-order valence-corrected chi connectivity index (χ3v) is 5.90. The number of para-hydroxylation sites is 2. The first kappa shape index (κ1) is 18.1.